The number of aromatic amines is 1. The summed E-state index contributed by atoms with van der Waals surface area (Å²) < 4.78 is 5.16. The summed E-state index contributed by atoms with van der Waals surface area (Å²) in [7, 11) is 1.60. The number of imidazole rings is 1. The van der Waals surface area contributed by atoms with E-state index in [0.29, 0.717) is 18.7 Å². The summed E-state index contributed by atoms with van der Waals surface area (Å²) in [5, 5.41) is 21.0. The van der Waals surface area contributed by atoms with Crippen LogP contribution in [0, 0.1) is 0 Å². The van der Waals surface area contributed by atoms with Crippen LogP contribution in [0.3, 0.4) is 0 Å². The van der Waals surface area contributed by atoms with E-state index in [-0.39, 0.29) is 11.9 Å². The number of methoxy groups -OCH3 is 1. The van der Waals surface area contributed by atoms with Crippen molar-refractivity contribution in [2.24, 2.45) is 0 Å². The minimum atomic E-state index is -1.82. The van der Waals surface area contributed by atoms with Gasteiger partial charge in [-0.1, -0.05) is 18.2 Å². The maximum Gasteiger partial charge on any atom is 0.414 e. The number of carboxylic acid groups (broad SMARTS) is 2. The normalized spacial score (nSPS) is 11.2. The van der Waals surface area contributed by atoms with E-state index in [0.717, 1.165) is 22.5 Å². The number of para-hydroxylation sites is 2. The lowest BCUT2D eigenvalue weighted by molar-refractivity contribution is -0.159. The second-order valence-corrected chi connectivity index (χ2v) is 6.58. The predicted molar refractivity (Wildman–Crippen MR) is 114 cm³/mol. The molecule has 1 unspecified atom stereocenters. The van der Waals surface area contributed by atoms with Crippen LogP contribution in [-0.2, 0) is 20.9 Å². The zero-order valence-electron chi connectivity index (χ0n) is 17.1. The van der Waals surface area contributed by atoms with Crippen molar-refractivity contribution in [3.8, 4) is 5.75 Å². The van der Waals surface area contributed by atoms with Crippen molar-refractivity contribution in [2.45, 2.75) is 25.9 Å². The molecule has 0 saturated carbocycles. The fourth-order valence-electron chi connectivity index (χ4n) is 2.62. The molecular weight excluding hydrogens is 404 g/mol. The predicted octanol–water partition coefficient (Wildman–Crippen LogP) is 2.23. The van der Waals surface area contributed by atoms with Crippen molar-refractivity contribution in [1.82, 2.24) is 15.3 Å². The standard InChI is InChI=1S/C19H22N4O2.C2H2O4/c1-13(10-19(24)21-14-6-5-7-15(11-14)25-2)20-12-18-22-16-8-3-4-9-17(16)23-18;3-1(4)2(5)6/h3-9,11,13,20H,10,12H2,1-2H3,(H,21,24)(H,22,23);(H,3,4)(H,5,6). The molecule has 31 heavy (non-hydrogen) atoms. The van der Waals surface area contributed by atoms with Gasteiger partial charge in [-0.3, -0.25) is 4.79 Å². The van der Waals surface area contributed by atoms with Crippen LogP contribution < -0.4 is 15.4 Å². The van der Waals surface area contributed by atoms with Crippen molar-refractivity contribution in [3.63, 3.8) is 0 Å². The number of carbonyl (C=O) groups excluding carboxylic acids is 1. The van der Waals surface area contributed by atoms with E-state index < -0.39 is 11.9 Å². The largest absolute Gasteiger partial charge is 0.497 e. The van der Waals surface area contributed by atoms with Gasteiger partial charge in [0.25, 0.3) is 0 Å². The first-order chi connectivity index (χ1) is 14.8. The molecule has 2 aromatic carbocycles. The first-order valence-corrected chi connectivity index (χ1v) is 9.35. The number of carboxylic acids is 2. The molecule has 0 saturated heterocycles. The Balaban J connectivity index is 0.000000501. The minimum absolute atomic E-state index is 0.0267. The Morgan fingerprint density at radius 2 is 1.81 bits per heavy atom. The van der Waals surface area contributed by atoms with Gasteiger partial charge in [-0.15, -0.1) is 0 Å². The summed E-state index contributed by atoms with van der Waals surface area (Å²) in [6.07, 6.45) is 0.372. The maximum atomic E-state index is 12.2. The quantitative estimate of drug-likeness (QED) is 0.359. The summed E-state index contributed by atoms with van der Waals surface area (Å²) in [5.74, 6) is -2.11. The maximum absolute atomic E-state index is 12.2. The Morgan fingerprint density at radius 3 is 2.45 bits per heavy atom. The van der Waals surface area contributed by atoms with Crippen molar-refractivity contribution in [1.29, 1.82) is 0 Å². The van der Waals surface area contributed by atoms with Gasteiger partial charge in [-0.05, 0) is 31.2 Å². The first kappa shape index (κ1) is 23.4. The topological polar surface area (TPSA) is 154 Å². The van der Waals surface area contributed by atoms with Gasteiger partial charge in [0, 0.05) is 24.2 Å². The van der Waals surface area contributed by atoms with E-state index in [9.17, 15) is 4.79 Å². The highest BCUT2D eigenvalue weighted by Crippen LogP contribution is 2.17. The number of aromatic nitrogens is 2. The van der Waals surface area contributed by atoms with Crippen LogP contribution in [0.4, 0.5) is 5.69 Å². The molecule has 1 heterocycles. The number of anilines is 1. The molecule has 164 valence electrons. The minimum Gasteiger partial charge on any atom is -0.497 e. The Bertz CT molecular complexity index is 1000. The van der Waals surface area contributed by atoms with Gasteiger partial charge in [0.05, 0.1) is 24.7 Å². The number of ether oxygens (including phenoxy) is 1. The number of nitrogens with zero attached hydrogens (tertiary/aromatic N) is 1. The molecule has 0 radical (unpaired) electrons. The van der Waals surface area contributed by atoms with Gasteiger partial charge in [0.2, 0.25) is 5.91 Å². The number of benzene rings is 2. The van der Waals surface area contributed by atoms with E-state index in [1.54, 1.807) is 13.2 Å². The lowest BCUT2D eigenvalue weighted by Crippen LogP contribution is -2.30. The number of hydrogen-bond donors (Lipinski definition) is 5. The molecule has 0 aliphatic carbocycles. The molecule has 1 amide bonds. The van der Waals surface area contributed by atoms with Crippen molar-refractivity contribution in [3.05, 3.63) is 54.4 Å². The number of amides is 1. The number of H-pyrrole nitrogens is 1. The highest BCUT2D eigenvalue weighted by Gasteiger charge is 2.10. The lowest BCUT2D eigenvalue weighted by Gasteiger charge is -2.13. The molecule has 0 spiro atoms. The second-order valence-electron chi connectivity index (χ2n) is 6.58. The molecule has 10 heteroatoms. The van der Waals surface area contributed by atoms with E-state index >= 15 is 0 Å². The van der Waals surface area contributed by atoms with Gasteiger partial charge in [-0.25, -0.2) is 14.6 Å². The number of aliphatic carboxylic acids is 2. The van der Waals surface area contributed by atoms with Crippen LogP contribution in [0.25, 0.3) is 11.0 Å². The Hall–Kier alpha value is -3.92. The third kappa shape index (κ3) is 7.78. The fraction of sp³-hybridized carbons (Fsp3) is 0.238. The van der Waals surface area contributed by atoms with Crippen LogP contribution in [-0.4, -0.2) is 51.2 Å². The highest BCUT2D eigenvalue weighted by molar-refractivity contribution is 6.27. The average Bonchev–Trinajstić information content (AvgIpc) is 3.15. The van der Waals surface area contributed by atoms with Crippen LogP contribution in [0.5, 0.6) is 5.75 Å². The van der Waals surface area contributed by atoms with E-state index in [2.05, 4.69) is 20.6 Å². The molecule has 3 aromatic rings. The monoisotopic (exact) mass is 428 g/mol. The summed E-state index contributed by atoms with van der Waals surface area (Å²) in [6.45, 7) is 2.57. The van der Waals surface area contributed by atoms with Crippen molar-refractivity contribution >= 4 is 34.6 Å². The average molecular weight is 428 g/mol. The zero-order valence-corrected chi connectivity index (χ0v) is 17.1. The fourth-order valence-corrected chi connectivity index (χ4v) is 2.62. The molecule has 10 nitrogen and oxygen atoms in total. The number of fused-ring (bicyclic) bond motifs is 1. The summed E-state index contributed by atoms with van der Waals surface area (Å²) in [4.78, 5) is 38.1. The van der Waals surface area contributed by atoms with E-state index in [1.807, 2.05) is 49.4 Å². The zero-order chi connectivity index (χ0) is 22.8. The number of nitrogens with one attached hydrogen (secondary N) is 3. The highest BCUT2D eigenvalue weighted by atomic mass is 16.5. The molecule has 0 aliphatic heterocycles. The molecule has 1 aromatic heterocycles. The molecule has 1 atom stereocenters. The second kappa shape index (κ2) is 11.3. The van der Waals surface area contributed by atoms with Crippen molar-refractivity contribution in [2.75, 3.05) is 12.4 Å². The number of hydrogen-bond acceptors (Lipinski definition) is 6. The molecule has 5 N–H and O–H groups in total. The summed E-state index contributed by atoms with van der Waals surface area (Å²) in [5.41, 5.74) is 2.69. The Kier molecular flexibility index (Phi) is 8.52. The molecule has 0 bridgehead atoms. The van der Waals surface area contributed by atoms with Crippen LogP contribution in [0.15, 0.2) is 48.5 Å². The molecular formula is C21H24N4O6. The summed E-state index contributed by atoms with van der Waals surface area (Å²) in [6, 6.07) is 15.3. The van der Waals surface area contributed by atoms with Crippen molar-refractivity contribution < 1.29 is 29.3 Å². The van der Waals surface area contributed by atoms with E-state index in [1.165, 1.54) is 0 Å². The molecule has 0 aliphatic rings. The van der Waals surface area contributed by atoms with Crippen LogP contribution in [0.2, 0.25) is 0 Å². The Labute approximate surface area is 178 Å². The number of rotatable bonds is 7. The molecule has 0 fully saturated rings. The third-order valence-corrected chi connectivity index (χ3v) is 4.08. The van der Waals surface area contributed by atoms with Gasteiger partial charge in [0.1, 0.15) is 11.6 Å². The third-order valence-electron chi connectivity index (χ3n) is 4.08. The Morgan fingerprint density at radius 1 is 1.10 bits per heavy atom. The number of carbonyl (C=O) groups is 3. The van der Waals surface area contributed by atoms with Gasteiger partial charge in [-0.2, -0.15) is 0 Å². The first-order valence-electron chi connectivity index (χ1n) is 9.35. The van der Waals surface area contributed by atoms with E-state index in [4.69, 9.17) is 24.5 Å². The van der Waals surface area contributed by atoms with Gasteiger partial charge in [0.15, 0.2) is 0 Å². The van der Waals surface area contributed by atoms with Gasteiger partial charge < -0.3 is 30.6 Å². The van der Waals surface area contributed by atoms with Gasteiger partial charge >= 0.3 is 11.9 Å². The van der Waals surface area contributed by atoms with Crippen LogP contribution >= 0.6 is 0 Å². The smallest absolute Gasteiger partial charge is 0.414 e. The summed E-state index contributed by atoms with van der Waals surface area (Å²) >= 11 is 0. The SMILES string of the molecule is COc1cccc(NC(=O)CC(C)NCc2nc3ccccc3[nH]2)c1.O=C(O)C(=O)O. The van der Waals surface area contributed by atoms with Crippen LogP contribution in [0.1, 0.15) is 19.2 Å². The lowest BCUT2D eigenvalue weighted by atomic mass is 10.2. The molecule has 3 rings (SSSR count).